The maximum Gasteiger partial charge on any atom is 0.264 e. The molecule has 6 atom stereocenters. The first kappa shape index (κ1) is 39.9. The van der Waals surface area contributed by atoms with E-state index in [4.69, 9.17) is 14.2 Å². The van der Waals surface area contributed by atoms with Crippen molar-refractivity contribution >= 4 is 36.4 Å². The van der Waals surface area contributed by atoms with Crippen molar-refractivity contribution in [1.29, 1.82) is 0 Å². The molecular weight excluding hydrogens is 739 g/mol. The Morgan fingerprint density at radius 2 is 1.70 bits per heavy atom. The first-order valence-corrected chi connectivity index (χ1v) is 22.5. The Morgan fingerprint density at radius 3 is 2.39 bits per heavy atom. The van der Waals surface area contributed by atoms with Crippen LogP contribution in [0.2, 0.25) is 18.6 Å². The van der Waals surface area contributed by atoms with E-state index < -0.39 is 25.7 Å². The van der Waals surface area contributed by atoms with Gasteiger partial charge in [-0.05, 0) is 72.5 Å². The minimum absolute atomic E-state index is 0.00893. The lowest BCUT2D eigenvalue weighted by Crippen LogP contribution is -2.51. The minimum atomic E-state index is -2.43. The van der Waals surface area contributed by atoms with Crippen molar-refractivity contribution in [3.05, 3.63) is 126 Å². The third kappa shape index (κ3) is 7.48. The van der Waals surface area contributed by atoms with Crippen LogP contribution < -0.4 is 24.9 Å². The van der Waals surface area contributed by atoms with Crippen LogP contribution in [0.3, 0.4) is 0 Å². The maximum absolute atomic E-state index is 15.3. The number of hydrogen-bond acceptors (Lipinski definition) is 9. The molecular formula is C44H51N5O7Si. The summed E-state index contributed by atoms with van der Waals surface area (Å²) >= 11 is 0. The zero-order valence-corrected chi connectivity index (χ0v) is 34.3. The number of benzene rings is 4. The third-order valence-corrected chi connectivity index (χ3v) is 16.3. The van der Waals surface area contributed by atoms with E-state index in [0.29, 0.717) is 30.1 Å². The Bertz CT molecular complexity index is 2210. The van der Waals surface area contributed by atoms with Crippen LogP contribution in [0.1, 0.15) is 48.6 Å². The van der Waals surface area contributed by atoms with Gasteiger partial charge in [0.05, 0.1) is 58.8 Å². The molecule has 1 fully saturated rings. The van der Waals surface area contributed by atoms with Crippen LogP contribution in [0.15, 0.2) is 103 Å². The number of rotatable bonds is 14. The van der Waals surface area contributed by atoms with E-state index in [2.05, 4.69) is 47.8 Å². The molecule has 12 nitrogen and oxygen atoms in total. The highest BCUT2D eigenvalue weighted by molar-refractivity contribution is 6.91. The fraction of sp³-hybridized carbons (Fsp3) is 0.364. The van der Waals surface area contributed by atoms with Gasteiger partial charge in [0.15, 0.2) is 5.60 Å². The van der Waals surface area contributed by atoms with E-state index in [-0.39, 0.29) is 42.5 Å². The summed E-state index contributed by atoms with van der Waals surface area (Å²) in [5.74, 6) is 0.197. The molecule has 1 saturated heterocycles. The quantitative estimate of drug-likeness (QED) is 0.123. The SMILES string of the molecule is COc1ccc([Si](C)(C)[C@H]2[C@H](CCn3cc(C(CO)c4ccccc4)nn3)O[C@@]3(C(=O)N(Cc4cccc(NC(=O)[C@H](C)O)c4)c4ccc(OC)cc43)[C@@H]2C)cc1. The Balaban J connectivity index is 1.25. The Morgan fingerprint density at radius 1 is 0.982 bits per heavy atom. The van der Waals surface area contributed by atoms with Crippen molar-refractivity contribution in [2.75, 3.05) is 31.0 Å². The number of aliphatic hydroxyl groups is 2. The Kier molecular flexibility index (Phi) is 11.4. The number of anilines is 2. The number of nitrogens with zero attached hydrogens (tertiary/aromatic N) is 4. The molecule has 13 heteroatoms. The molecule has 0 saturated carbocycles. The minimum Gasteiger partial charge on any atom is -0.497 e. The predicted octanol–water partition coefficient (Wildman–Crippen LogP) is 5.59. The topological polar surface area (TPSA) is 148 Å². The molecule has 1 aromatic heterocycles. The van der Waals surface area contributed by atoms with Gasteiger partial charge < -0.3 is 34.6 Å². The Labute approximate surface area is 334 Å². The van der Waals surface area contributed by atoms with Gasteiger partial charge in [-0.2, -0.15) is 0 Å². The van der Waals surface area contributed by atoms with Crippen molar-refractivity contribution in [2.45, 2.75) is 75.7 Å². The van der Waals surface area contributed by atoms with E-state index in [9.17, 15) is 15.0 Å². The van der Waals surface area contributed by atoms with Crippen LogP contribution in [0.25, 0.3) is 0 Å². The largest absolute Gasteiger partial charge is 0.497 e. The number of hydrogen-bond donors (Lipinski definition) is 3. The zero-order valence-electron chi connectivity index (χ0n) is 33.3. The Hall–Kier alpha value is -5.34. The number of nitrogens with one attached hydrogen (secondary N) is 1. The summed E-state index contributed by atoms with van der Waals surface area (Å²) in [6.45, 7) is 8.89. The number of aromatic nitrogens is 3. The molecule has 1 unspecified atom stereocenters. The summed E-state index contributed by atoms with van der Waals surface area (Å²) in [5, 5.41) is 33.0. The third-order valence-electron chi connectivity index (χ3n) is 11.9. The number of carbonyl (C=O) groups is 2. The van der Waals surface area contributed by atoms with Gasteiger partial charge in [-0.3, -0.25) is 14.3 Å². The first-order valence-electron chi connectivity index (χ1n) is 19.4. The normalized spacial score (nSPS) is 21.4. The summed E-state index contributed by atoms with van der Waals surface area (Å²) in [7, 11) is 0.852. The van der Waals surface area contributed by atoms with E-state index in [1.165, 1.54) is 12.1 Å². The molecule has 57 heavy (non-hydrogen) atoms. The highest BCUT2D eigenvalue weighted by Gasteiger charge is 2.66. The van der Waals surface area contributed by atoms with E-state index >= 15 is 4.79 Å². The second-order valence-corrected chi connectivity index (χ2v) is 20.3. The molecule has 2 aliphatic rings. The van der Waals surface area contributed by atoms with Gasteiger partial charge in [0, 0.05) is 29.9 Å². The number of amides is 2. The molecule has 7 rings (SSSR count). The lowest BCUT2D eigenvalue weighted by molar-refractivity contribution is -0.146. The van der Waals surface area contributed by atoms with Crippen molar-refractivity contribution in [1.82, 2.24) is 15.0 Å². The first-order chi connectivity index (χ1) is 27.4. The molecule has 298 valence electrons. The molecule has 2 aliphatic heterocycles. The van der Waals surface area contributed by atoms with Crippen molar-refractivity contribution in [2.24, 2.45) is 5.92 Å². The summed E-state index contributed by atoms with van der Waals surface area (Å²) in [6.07, 6.45) is 0.963. The standard InChI is InChI=1S/C44H51N5O7Si/c1-28-41(57(5,6)35-18-15-33(54-3)16-19-35)40(21-22-48-26-38(46-47-48)36(27-50)31-12-8-7-9-13-31)56-44(28)37-24-34(55-4)17-20-39(37)49(43(44)53)25-30-11-10-14-32(23-30)45-42(52)29(2)51/h7-20,23-24,26,28-29,36,40-41,50-51H,21-22,25,27H2,1-6H3,(H,45,52)/t28-,29+,36?,40+,41-,44+/m1/s1. The molecule has 4 aromatic carbocycles. The molecule has 1 spiro atoms. The van der Waals surface area contributed by atoms with Gasteiger partial charge in [-0.1, -0.05) is 85.0 Å². The van der Waals surface area contributed by atoms with E-state index in [1.54, 1.807) is 25.2 Å². The van der Waals surface area contributed by atoms with Crippen LogP contribution in [-0.2, 0) is 33.0 Å². The zero-order chi connectivity index (χ0) is 40.5. The van der Waals surface area contributed by atoms with Crippen LogP contribution in [0, 0.1) is 5.92 Å². The lowest BCUT2D eigenvalue weighted by Gasteiger charge is -2.37. The fourth-order valence-corrected chi connectivity index (χ4v) is 13.0. The molecule has 0 bridgehead atoms. The second-order valence-electron chi connectivity index (χ2n) is 15.6. The molecule has 3 N–H and O–H groups in total. The molecule has 0 aliphatic carbocycles. The summed E-state index contributed by atoms with van der Waals surface area (Å²) in [6, 6.07) is 31.1. The van der Waals surface area contributed by atoms with Crippen molar-refractivity contribution < 1.29 is 34.0 Å². The summed E-state index contributed by atoms with van der Waals surface area (Å²) in [4.78, 5) is 29.4. The molecule has 5 aromatic rings. The van der Waals surface area contributed by atoms with Crippen LogP contribution in [0.5, 0.6) is 11.5 Å². The number of carbonyl (C=O) groups excluding carboxylic acids is 2. The summed E-state index contributed by atoms with van der Waals surface area (Å²) < 4.78 is 20.4. The van der Waals surface area contributed by atoms with Gasteiger partial charge in [0.1, 0.15) is 17.6 Å². The van der Waals surface area contributed by atoms with Crippen LogP contribution >= 0.6 is 0 Å². The number of methoxy groups -OCH3 is 2. The van der Waals surface area contributed by atoms with Gasteiger partial charge in [-0.25, -0.2) is 0 Å². The van der Waals surface area contributed by atoms with Crippen molar-refractivity contribution in [3.8, 4) is 11.5 Å². The van der Waals surface area contributed by atoms with Gasteiger partial charge >= 0.3 is 0 Å². The molecule has 3 heterocycles. The monoisotopic (exact) mass is 789 g/mol. The average molecular weight is 790 g/mol. The fourth-order valence-electron chi connectivity index (χ4n) is 8.92. The highest BCUT2D eigenvalue weighted by atomic mass is 28.3. The highest BCUT2D eigenvalue weighted by Crippen LogP contribution is 2.60. The number of ether oxygens (including phenoxy) is 3. The van der Waals surface area contributed by atoms with Gasteiger partial charge in [0.2, 0.25) is 0 Å². The molecule has 2 amide bonds. The maximum atomic E-state index is 15.3. The predicted molar refractivity (Wildman–Crippen MR) is 221 cm³/mol. The number of fused-ring (bicyclic) bond motifs is 2. The van der Waals surface area contributed by atoms with Gasteiger partial charge in [0.25, 0.3) is 11.8 Å². The summed E-state index contributed by atoms with van der Waals surface area (Å²) in [5.41, 5.74) is 3.16. The van der Waals surface area contributed by atoms with Crippen molar-refractivity contribution in [3.63, 3.8) is 0 Å². The number of aryl methyl sites for hydroxylation is 1. The van der Waals surface area contributed by atoms with Crippen LogP contribution in [0.4, 0.5) is 11.4 Å². The van der Waals surface area contributed by atoms with E-state index in [0.717, 1.165) is 28.1 Å². The average Bonchev–Trinajstić information content (AvgIpc) is 3.87. The smallest absolute Gasteiger partial charge is 0.264 e. The molecule has 0 radical (unpaired) electrons. The van der Waals surface area contributed by atoms with Gasteiger partial charge in [-0.15, -0.1) is 5.10 Å². The second kappa shape index (κ2) is 16.3. The van der Waals surface area contributed by atoms with E-state index in [1.807, 2.05) is 89.7 Å². The van der Waals surface area contributed by atoms with Crippen LogP contribution in [-0.4, -0.2) is 78.1 Å². The number of aliphatic hydroxyl groups excluding tert-OH is 2. The lowest BCUT2D eigenvalue weighted by atomic mass is 9.82.